The molecule has 0 heteroatoms. The summed E-state index contributed by atoms with van der Waals surface area (Å²) in [7, 11) is 0. The van der Waals surface area contributed by atoms with Crippen LogP contribution >= 0.6 is 0 Å². The third-order valence-corrected chi connectivity index (χ3v) is 3.78. The fourth-order valence-electron chi connectivity index (χ4n) is 2.79. The fourth-order valence-corrected chi connectivity index (χ4v) is 2.79. The first-order valence-corrected chi connectivity index (χ1v) is 8.24. The van der Waals surface area contributed by atoms with Gasteiger partial charge in [0.05, 0.1) is 0 Å². The minimum Gasteiger partial charge on any atom is -0.0801 e. The summed E-state index contributed by atoms with van der Waals surface area (Å²) in [5.74, 6) is 0. The molecule has 0 amide bonds. The zero-order valence-electron chi connectivity index (χ0n) is 14.2. The van der Waals surface area contributed by atoms with Gasteiger partial charge in [-0.15, -0.1) is 0 Å². The van der Waals surface area contributed by atoms with E-state index in [2.05, 4.69) is 74.5 Å². The molecule has 0 bridgehead atoms. The summed E-state index contributed by atoms with van der Waals surface area (Å²) >= 11 is 0. The maximum Gasteiger partial charge on any atom is -0.00134 e. The smallest absolute Gasteiger partial charge is 0.00134 e. The highest BCUT2D eigenvalue weighted by Crippen LogP contribution is 2.36. The summed E-state index contributed by atoms with van der Waals surface area (Å²) in [4.78, 5) is 0. The average molecular weight is 290 g/mol. The number of hydrogen-bond donors (Lipinski definition) is 0. The van der Waals surface area contributed by atoms with Crippen molar-refractivity contribution >= 4 is 0 Å². The maximum absolute atomic E-state index is 2.36. The summed E-state index contributed by atoms with van der Waals surface area (Å²) in [5.41, 5.74) is 8.49. The van der Waals surface area contributed by atoms with Gasteiger partial charge in [0.25, 0.3) is 0 Å². The van der Waals surface area contributed by atoms with E-state index in [-0.39, 0.29) is 0 Å². The summed E-state index contributed by atoms with van der Waals surface area (Å²) < 4.78 is 0. The van der Waals surface area contributed by atoms with E-state index in [0.29, 0.717) is 0 Å². The minimum absolute atomic E-state index is 1.01. The molecule has 2 aromatic carbocycles. The molecule has 0 spiro atoms. The Bertz CT molecular complexity index is 683. The first-order chi connectivity index (χ1) is 10.7. The highest BCUT2D eigenvalue weighted by Gasteiger charge is 2.17. The lowest BCUT2D eigenvalue weighted by Crippen LogP contribution is -1.86. The third kappa shape index (κ3) is 3.76. The van der Waals surface area contributed by atoms with E-state index in [1.54, 1.807) is 0 Å². The Hall–Kier alpha value is -2.08. The van der Waals surface area contributed by atoms with Crippen molar-refractivity contribution in [2.75, 3.05) is 0 Å². The number of benzene rings is 2. The number of allylic oxidation sites excluding steroid dienone is 4. The van der Waals surface area contributed by atoms with Crippen LogP contribution in [0.2, 0.25) is 0 Å². The maximum atomic E-state index is 2.36. The van der Waals surface area contributed by atoms with Gasteiger partial charge in [-0.25, -0.2) is 0 Å². The van der Waals surface area contributed by atoms with E-state index in [1.807, 2.05) is 13.8 Å². The van der Waals surface area contributed by atoms with Crippen LogP contribution < -0.4 is 0 Å². The number of fused-ring (bicyclic) bond motifs is 3. The quantitative estimate of drug-likeness (QED) is 0.493. The molecule has 0 atom stereocenters. The molecule has 1 aliphatic carbocycles. The van der Waals surface area contributed by atoms with E-state index in [0.717, 1.165) is 12.8 Å². The topological polar surface area (TPSA) is 0 Å². The van der Waals surface area contributed by atoms with Crippen molar-refractivity contribution in [3.63, 3.8) is 0 Å². The van der Waals surface area contributed by atoms with Gasteiger partial charge in [0.15, 0.2) is 0 Å². The van der Waals surface area contributed by atoms with E-state index >= 15 is 0 Å². The molecule has 1 aliphatic rings. The van der Waals surface area contributed by atoms with Crippen molar-refractivity contribution in [2.24, 2.45) is 0 Å². The van der Waals surface area contributed by atoms with Crippen LogP contribution in [0.25, 0.3) is 11.1 Å². The second kappa shape index (κ2) is 7.79. The molecule has 0 saturated carbocycles. The van der Waals surface area contributed by atoms with Crippen molar-refractivity contribution in [1.29, 1.82) is 0 Å². The lowest BCUT2D eigenvalue weighted by atomic mass is 10.0. The second-order valence-corrected chi connectivity index (χ2v) is 5.70. The van der Waals surface area contributed by atoms with Gasteiger partial charge in [-0.3, -0.25) is 0 Å². The molecule has 0 saturated heterocycles. The average Bonchev–Trinajstić information content (AvgIpc) is 2.91. The monoisotopic (exact) mass is 290 g/mol. The van der Waals surface area contributed by atoms with Crippen molar-refractivity contribution in [2.45, 2.75) is 40.5 Å². The van der Waals surface area contributed by atoms with Crippen LogP contribution in [-0.4, -0.2) is 0 Å². The lowest BCUT2D eigenvalue weighted by molar-refractivity contribution is 1.21. The molecule has 3 rings (SSSR count). The SMILES string of the molecule is CC.CC(C)=C/C=C/Cc1ccc2c(c1)Cc1ccccc1-2. The first-order valence-electron chi connectivity index (χ1n) is 8.24. The van der Waals surface area contributed by atoms with Gasteiger partial charge < -0.3 is 0 Å². The fraction of sp³-hybridized carbons (Fsp3) is 0.273. The molecule has 0 aliphatic heterocycles. The van der Waals surface area contributed by atoms with Gasteiger partial charge in [0.1, 0.15) is 0 Å². The van der Waals surface area contributed by atoms with E-state index in [4.69, 9.17) is 0 Å². The molecular formula is C22H26. The lowest BCUT2D eigenvalue weighted by Gasteiger charge is -2.03. The molecule has 22 heavy (non-hydrogen) atoms. The van der Waals surface area contributed by atoms with Crippen LogP contribution in [-0.2, 0) is 12.8 Å². The molecular weight excluding hydrogens is 264 g/mol. The molecule has 0 unspecified atom stereocenters. The Morgan fingerprint density at radius 3 is 2.45 bits per heavy atom. The molecule has 0 N–H and O–H groups in total. The zero-order chi connectivity index (χ0) is 15.9. The van der Waals surface area contributed by atoms with Crippen LogP contribution in [0.4, 0.5) is 0 Å². The molecule has 0 aromatic heterocycles. The minimum atomic E-state index is 1.01. The van der Waals surface area contributed by atoms with E-state index in [1.165, 1.54) is 33.4 Å². The Balaban J connectivity index is 0.000000847. The molecule has 0 fully saturated rings. The summed E-state index contributed by atoms with van der Waals surface area (Å²) in [5, 5.41) is 0. The molecule has 2 aromatic rings. The van der Waals surface area contributed by atoms with Crippen LogP contribution in [0.1, 0.15) is 44.4 Å². The van der Waals surface area contributed by atoms with Gasteiger partial charge in [-0.1, -0.05) is 80.1 Å². The summed E-state index contributed by atoms with van der Waals surface area (Å²) in [6, 6.07) is 15.6. The van der Waals surface area contributed by atoms with Crippen molar-refractivity contribution < 1.29 is 0 Å². The predicted octanol–water partition coefficient (Wildman–Crippen LogP) is 6.35. The van der Waals surface area contributed by atoms with Gasteiger partial charge >= 0.3 is 0 Å². The highest BCUT2D eigenvalue weighted by molar-refractivity contribution is 5.76. The molecule has 0 radical (unpaired) electrons. The highest BCUT2D eigenvalue weighted by atomic mass is 14.2. The van der Waals surface area contributed by atoms with E-state index < -0.39 is 0 Å². The van der Waals surface area contributed by atoms with Crippen molar-refractivity contribution in [3.05, 3.63) is 83.0 Å². The van der Waals surface area contributed by atoms with E-state index in [9.17, 15) is 0 Å². The zero-order valence-corrected chi connectivity index (χ0v) is 14.2. The number of rotatable bonds is 3. The van der Waals surface area contributed by atoms with Crippen LogP contribution in [0, 0.1) is 0 Å². The van der Waals surface area contributed by atoms with Gasteiger partial charge in [-0.2, -0.15) is 0 Å². The van der Waals surface area contributed by atoms with Gasteiger partial charge in [-0.05, 0) is 54.5 Å². The molecule has 0 heterocycles. The Morgan fingerprint density at radius 1 is 0.955 bits per heavy atom. The Kier molecular flexibility index (Phi) is 5.77. The van der Waals surface area contributed by atoms with Gasteiger partial charge in [0, 0.05) is 0 Å². The van der Waals surface area contributed by atoms with Crippen molar-refractivity contribution in [1.82, 2.24) is 0 Å². The first kappa shape index (κ1) is 16.3. The number of hydrogen-bond acceptors (Lipinski definition) is 0. The third-order valence-electron chi connectivity index (χ3n) is 3.78. The summed E-state index contributed by atoms with van der Waals surface area (Å²) in [6.07, 6.45) is 8.63. The predicted molar refractivity (Wildman–Crippen MR) is 98.3 cm³/mol. The van der Waals surface area contributed by atoms with Crippen molar-refractivity contribution in [3.8, 4) is 11.1 Å². The second-order valence-electron chi connectivity index (χ2n) is 5.70. The molecule has 0 nitrogen and oxygen atoms in total. The van der Waals surface area contributed by atoms with Crippen LogP contribution in [0.5, 0.6) is 0 Å². The van der Waals surface area contributed by atoms with Crippen LogP contribution in [0.15, 0.2) is 66.3 Å². The molecule has 114 valence electrons. The standard InChI is InChI=1S/C20H20.C2H6/c1-15(2)7-3-4-8-16-11-12-20-18(13-16)14-17-9-5-6-10-19(17)20;1-2/h3-7,9-13H,8,14H2,1-2H3;1-2H3/b4-3+;. The Morgan fingerprint density at radius 2 is 1.68 bits per heavy atom. The largest absolute Gasteiger partial charge is 0.0801 e. The van der Waals surface area contributed by atoms with Crippen LogP contribution in [0.3, 0.4) is 0 Å². The van der Waals surface area contributed by atoms with Gasteiger partial charge in [0.2, 0.25) is 0 Å². The Labute approximate surface area is 135 Å². The normalized spacial score (nSPS) is 11.5. The summed E-state index contributed by atoms with van der Waals surface area (Å²) in [6.45, 7) is 8.24.